The summed E-state index contributed by atoms with van der Waals surface area (Å²) in [7, 11) is 2.03. The zero-order chi connectivity index (χ0) is 15.2. The van der Waals surface area contributed by atoms with Crippen LogP contribution < -0.4 is 15.8 Å². The number of pyridine rings is 1. The summed E-state index contributed by atoms with van der Waals surface area (Å²) in [4.78, 5) is 6.32. The number of nitrogens with one attached hydrogen (secondary N) is 1. The number of benzene rings is 2. The van der Waals surface area contributed by atoms with E-state index in [-0.39, 0.29) is 0 Å². The van der Waals surface area contributed by atoms with Crippen molar-refractivity contribution in [3.05, 3.63) is 79.0 Å². The van der Waals surface area contributed by atoms with Gasteiger partial charge in [0.15, 0.2) is 0 Å². The largest absolute Gasteiger partial charge is 0.343 e. The van der Waals surface area contributed by atoms with Gasteiger partial charge < -0.3 is 4.90 Å². The molecule has 1 N–H and O–H groups in total. The van der Waals surface area contributed by atoms with Gasteiger partial charge in [0, 0.05) is 18.9 Å². The number of hydrogen-bond donors (Lipinski definition) is 1. The zero-order valence-corrected chi connectivity index (χ0v) is 12.3. The van der Waals surface area contributed by atoms with Gasteiger partial charge in [-0.1, -0.05) is 36.4 Å². The molecule has 1 radical (unpaired) electrons. The van der Waals surface area contributed by atoms with Crippen LogP contribution in [0.25, 0.3) is 0 Å². The third-order valence-corrected chi connectivity index (χ3v) is 3.34. The summed E-state index contributed by atoms with van der Waals surface area (Å²) >= 11 is 0. The topological polar surface area (TPSA) is 42.3 Å². The van der Waals surface area contributed by atoms with Crippen LogP contribution in [-0.2, 0) is 0 Å². The molecule has 0 spiro atoms. The van der Waals surface area contributed by atoms with E-state index in [1.165, 1.54) is 0 Å². The highest BCUT2D eigenvalue weighted by atomic mass is 15.4. The molecular weight excluding hydrogens is 272 g/mol. The molecule has 3 rings (SSSR count). The average molecular weight is 289 g/mol. The summed E-state index contributed by atoms with van der Waals surface area (Å²) < 4.78 is 0. The maximum absolute atomic E-state index is 4.47. The van der Waals surface area contributed by atoms with Crippen LogP contribution in [0, 0.1) is 0 Å². The number of aromatic nitrogens is 1. The second kappa shape index (κ2) is 6.63. The first-order chi connectivity index (χ1) is 10.8. The lowest BCUT2D eigenvalue weighted by Crippen LogP contribution is -2.15. The van der Waals surface area contributed by atoms with Crippen molar-refractivity contribution >= 4 is 22.9 Å². The molecule has 0 unspecified atom stereocenters. The number of rotatable bonds is 5. The normalized spacial score (nSPS) is 10.0. The summed E-state index contributed by atoms with van der Waals surface area (Å²) in [5, 5.41) is 0. The van der Waals surface area contributed by atoms with E-state index in [0.29, 0.717) is 0 Å². The minimum atomic E-state index is 0.722. The molecular formula is C18H17N4. The van der Waals surface area contributed by atoms with Crippen molar-refractivity contribution in [2.45, 2.75) is 0 Å². The van der Waals surface area contributed by atoms with E-state index in [9.17, 15) is 0 Å². The molecule has 109 valence electrons. The van der Waals surface area contributed by atoms with Crippen LogP contribution in [0.1, 0.15) is 0 Å². The lowest BCUT2D eigenvalue weighted by atomic mass is 10.2. The van der Waals surface area contributed by atoms with Gasteiger partial charge in [-0.2, -0.15) is 5.43 Å². The Balaban J connectivity index is 1.81. The highest BCUT2D eigenvalue weighted by Gasteiger charge is 2.09. The molecule has 0 aliphatic rings. The van der Waals surface area contributed by atoms with Crippen molar-refractivity contribution in [2.24, 2.45) is 0 Å². The Labute approximate surface area is 130 Å². The Morgan fingerprint density at radius 2 is 1.59 bits per heavy atom. The maximum Gasteiger partial charge on any atom is 0.146 e. The third kappa shape index (κ3) is 3.17. The van der Waals surface area contributed by atoms with Crippen LogP contribution >= 0.6 is 0 Å². The highest BCUT2D eigenvalue weighted by molar-refractivity contribution is 5.73. The van der Waals surface area contributed by atoms with Gasteiger partial charge in [0.1, 0.15) is 11.5 Å². The van der Waals surface area contributed by atoms with E-state index in [2.05, 4.69) is 32.9 Å². The molecule has 2 aromatic carbocycles. The van der Waals surface area contributed by atoms with Crippen LogP contribution in [0.2, 0.25) is 0 Å². The van der Waals surface area contributed by atoms with Gasteiger partial charge in [-0.25, -0.2) is 4.98 Å². The number of nitrogens with zero attached hydrogens (tertiary/aromatic N) is 3. The Bertz CT molecular complexity index is 713. The van der Waals surface area contributed by atoms with Crippen molar-refractivity contribution in [3.8, 4) is 0 Å². The second-order valence-corrected chi connectivity index (χ2v) is 4.82. The van der Waals surface area contributed by atoms with Crippen LogP contribution in [0.5, 0.6) is 0 Å². The predicted molar refractivity (Wildman–Crippen MR) is 90.6 cm³/mol. The predicted octanol–water partition coefficient (Wildman–Crippen LogP) is 4.11. The fourth-order valence-corrected chi connectivity index (χ4v) is 2.18. The molecule has 4 nitrogen and oxygen atoms in total. The minimum absolute atomic E-state index is 0.722. The first-order valence-electron chi connectivity index (χ1n) is 7.10. The molecule has 22 heavy (non-hydrogen) atoms. The second-order valence-electron chi connectivity index (χ2n) is 4.82. The van der Waals surface area contributed by atoms with Gasteiger partial charge in [0.25, 0.3) is 0 Å². The SMILES string of the molecule is CN(c1ccccc1)c1ccccc1[N]Nc1ccccn1. The molecule has 0 saturated carbocycles. The molecule has 0 fully saturated rings. The first kappa shape index (κ1) is 13.9. The van der Waals surface area contributed by atoms with Gasteiger partial charge >= 0.3 is 0 Å². The molecule has 0 bridgehead atoms. The van der Waals surface area contributed by atoms with Crippen molar-refractivity contribution in [1.29, 1.82) is 0 Å². The van der Waals surface area contributed by atoms with Gasteiger partial charge in [-0.3, -0.25) is 5.43 Å². The summed E-state index contributed by atoms with van der Waals surface area (Å²) in [6, 6.07) is 23.9. The maximum atomic E-state index is 4.47. The molecule has 1 heterocycles. The van der Waals surface area contributed by atoms with Gasteiger partial charge in [0.05, 0.1) is 5.69 Å². The number of para-hydroxylation sites is 3. The Kier molecular flexibility index (Phi) is 4.20. The fraction of sp³-hybridized carbons (Fsp3) is 0.0556. The monoisotopic (exact) mass is 289 g/mol. The lowest BCUT2D eigenvalue weighted by Gasteiger charge is -2.22. The van der Waals surface area contributed by atoms with Gasteiger partial charge in [0.2, 0.25) is 0 Å². The van der Waals surface area contributed by atoms with Crippen molar-refractivity contribution < 1.29 is 0 Å². The summed E-state index contributed by atoms with van der Waals surface area (Å²) in [5.74, 6) is 0.722. The molecule has 0 saturated heterocycles. The molecule has 4 heteroatoms. The van der Waals surface area contributed by atoms with Crippen molar-refractivity contribution in [3.63, 3.8) is 0 Å². The van der Waals surface area contributed by atoms with E-state index in [1.54, 1.807) is 6.20 Å². The average Bonchev–Trinajstić information content (AvgIpc) is 2.61. The molecule has 1 aromatic heterocycles. The van der Waals surface area contributed by atoms with E-state index in [0.717, 1.165) is 22.9 Å². The lowest BCUT2D eigenvalue weighted by molar-refractivity contribution is 1.01. The van der Waals surface area contributed by atoms with Crippen LogP contribution in [-0.4, -0.2) is 12.0 Å². The van der Waals surface area contributed by atoms with E-state index >= 15 is 0 Å². The number of hydrogen-bond acceptors (Lipinski definition) is 3. The molecule has 0 atom stereocenters. The Morgan fingerprint density at radius 3 is 2.36 bits per heavy atom. The van der Waals surface area contributed by atoms with Crippen LogP contribution in [0.3, 0.4) is 0 Å². The smallest absolute Gasteiger partial charge is 0.146 e. The molecule has 0 aliphatic heterocycles. The van der Waals surface area contributed by atoms with Crippen molar-refractivity contribution in [2.75, 3.05) is 17.4 Å². The summed E-state index contributed by atoms with van der Waals surface area (Å²) in [6.45, 7) is 0. The molecule has 0 amide bonds. The molecule has 0 aliphatic carbocycles. The van der Waals surface area contributed by atoms with Crippen LogP contribution in [0.15, 0.2) is 79.0 Å². The van der Waals surface area contributed by atoms with Gasteiger partial charge in [-0.05, 0) is 36.4 Å². The third-order valence-electron chi connectivity index (χ3n) is 3.34. The van der Waals surface area contributed by atoms with E-state index in [4.69, 9.17) is 0 Å². The standard InChI is InChI=1S/C18H17N4/c1-22(15-9-3-2-4-10-15)17-12-6-5-11-16(17)20-21-18-13-7-8-14-19-18/h2-14H,1H3,(H,19,21). The molecule has 3 aromatic rings. The van der Waals surface area contributed by atoms with Crippen LogP contribution in [0.4, 0.5) is 22.9 Å². The Hall–Kier alpha value is -3.01. The zero-order valence-electron chi connectivity index (χ0n) is 12.3. The Morgan fingerprint density at radius 1 is 0.864 bits per heavy atom. The highest BCUT2D eigenvalue weighted by Crippen LogP contribution is 2.30. The van der Waals surface area contributed by atoms with Gasteiger partial charge in [-0.15, -0.1) is 0 Å². The van der Waals surface area contributed by atoms with Crippen molar-refractivity contribution in [1.82, 2.24) is 10.4 Å². The number of anilines is 3. The first-order valence-corrected chi connectivity index (χ1v) is 7.10. The fourth-order valence-electron chi connectivity index (χ4n) is 2.18. The van der Waals surface area contributed by atoms with E-state index in [1.807, 2.05) is 67.7 Å². The summed E-state index contributed by atoms with van der Waals surface area (Å²) in [6.07, 6.45) is 1.74. The quantitative estimate of drug-likeness (QED) is 0.719. The minimum Gasteiger partial charge on any atom is -0.343 e. The van der Waals surface area contributed by atoms with E-state index < -0.39 is 0 Å². The summed E-state index contributed by atoms with van der Waals surface area (Å²) in [5.41, 5.74) is 10.5.